The molecular weight excluding hydrogens is 417 g/mol. The summed E-state index contributed by atoms with van der Waals surface area (Å²) in [6.07, 6.45) is 3.56. The van der Waals surface area contributed by atoms with Gasteiger partial charge in [-0.05, 0) is 67.8 Å². The number of rotatable bonds is 7. The van der Waals surface area contributed by atoms with Gasteiger partial charge < -0.3 is 4.90 Å². The summed E-state index contributed by atoms with van der Waals surface area (Å²) in [6, 6.07) is 15.8. The summed E-state index contributed by atoms with van der Waals surface area (Å²) >= 11 is 0. The highest BCUT2D eigenvalue weighted by Gasteiger charge is 2.33. The molecular formula is C23H22FN3O3S. The number of amides is 1. The average molecular weight is 440 g/mol. The Hall–Kier alpha value is -3.26. The van der Waals surface area contributed by atoms with Crippen molar-refractivity contribution in [3.63, 3.8) is 0 Å². The van der Waals surface area contributed by atoms with Crippen LogP contribution in [0, 0.1) is 12.7 Å². The summed E-state index contributed by atoms with van der Waals surface area (Å²) < 4.78 is 41.6. The quantitative estimate of drug-likeness (QED) is 0.600. The van der Waals surface area contributed by atoms with Crippen molar-refractivity contribution >= 4 is 21.6 Å². The van der Waals surface area contributed by atoms with Crippen LogP contribution in [0.3, 0.4) is 0 Å². The first-order valence-corrected chi connectivity index (χ1v) is 11.4. The van der Waals surface area contributed by atoms with E-state index in [1.54, 1.807) is 36.2 Å². The topological polar surface area (TPSA) is 79.4 Å². The fourth-order valence-corrected chi connectivity index (χ4v) is 4.32. The Labute approximate surface area is 180 Å². The largest absolute Gasteiger partial charge is 0.330 e. The Kier molecular flexibility index (Phi) is 5.73. The standard InChI is InChI=1S/C23H22FN3O3S/c1-16-8-11-21(14-22(16)24)31(29,30)26-18-7-4-5-17(13-18)23(28)27(20-9-10-20)15-19-6-2-3-12-25-19/h2-8,11-14,20,26H,9-10,15H2,1H3. The Bertz CT molecular complexity index is 1210. The Morgan fingerprint density at radius 1 is 1.13 bits per heavy atom. The highest BCUT2D eigenvalue weighted by molar-refractivity contribution is 7.92. The number of carbonyl (C=O) groups is 1. The van der Waals surface area contributed by atoms with Crippen LogP contribution in [0.25, 0.3) is 0 Å². The lowest BCUT2D eigenvalue weighted by Crippen LogP contribution is -2.33. The molecule has 1 N–H and O–H groups in total. The van der Waals surface area contributed by atoms with Crippen LogP contribution in [-0.4, -0.2) is 30.3 Å². The zero-order valence-electron chi connectivity index (χ0n) is 17.0. The summed E-state index contributed by atoms with van der Waals surface area (Å²) in [7, 11) is -3.99. The van der Waals surface area contributed by atoms with E-state index in [0.29, 0.717) is 17.7 Å². The monoisotopic (exact) mass is 439 g/mol. The van der Waals surface area contributed by atoms with Crippen molar-refractivity contribution in [1.82, 2.24) is 9.88 Å². The smallest absolute Gasteiger partial charge is 0.261 e. The van der Waals surface area contributed by atoms with Gasteiger partial charge in [0.2, 0.25) is 0 Å². The molecule has 160 valence electrons. The molecule has 2 aromatic carbocycles. The molecule has 0 saturated heterocycles. The molecule has 0 atom stereocenters. The Morgan fingerprint density at radius 2 is 1.94 bits per heavy atom. The molecule has 4 rings (SSSR count). The lowest BCUT2D eigenvalue weighted by Gasteiger charge is -2.22. The molecule has 0 radical (unpaired) electrons. The van der Waals surface area contributed by atoms with Crippen LogP contribution < -0.4 is 4.72 Å². The normalized spacial score (nSPS) is 13.6. The predicted molar refractivity (Wildman–Crippen MR) is 116 cm³/mol. The number of halogens is 1. The van der Waals surface area contributed by atoms with Gasteiger partial charge in [-0.15, -0.1) is 0 Å². The first-order valence-electron chi connectivity index (χ1n) is 9.93. The minimum atomic E-state index is -3.99. The lowest BCUT2D eigenvalue weighted by molar-refractivity contribution is 0.0727. The van der Waals surface area contributed by atoms with Gasteiger partial charge in [-0.25, -0.2) is 12.8 Å². The number of carbonyl (C=O) groups excluding carboxylic acids is 1. The van der Waals surface area contributed by atoms with Crippen molar-refractivity contribution in [3.8, 4) is 0 Å². The number of hydrogen-bond donors (Lipinski definition) is 1. The molecule has 0 bridgehead atoms. The molecule has 31 heavy (non-hydrogen) atoms. The molecule has 8 heteroatoms. The summed E-state index contributed by atoms with van der Waals surface area (Å²) in [4.78, 5) is 19.1. The van der Waals surface area contributed by atoms with Crippen LogP contribution in [-0.2, 0) is 16.6 Å². The van der Waals surface area contributed by atoms with E-state index in [1.807, 2.05) is 18.2 Å². The maximum atomic E-state index is 13.8. The van der Waals surface area contributed by atoms with Gasteiger partial charge in [0.25, 0.3) is 15.9 Å². The third-order valence-corrected chi connectivity index (χ3v) is 6.50. The van der Waals surface area contributed by atoms with Gasteiger partial charge in [-0.1, -0.05) is 18.2 Å². The summed E-state index contributed by atoms with van der Waals surface area (Å²) in [5.74, 6) is -0.781. The number of pyridine rings is 1. The molecule has 1 aliphatic carbocycles. The zero-order chi connectivity index (χ0) is 22.0. The number of aryl methyl sites for hydroxylation is 1. The number of nitrogens with zero attached hydrogens (tertiary/aromatic N) is 2. The summed E-state index contributed by atoms with van der Waals surface area (Å²) in [5, 5.41) is 0. The van der Waals surface area contributed by atoms with Gasteiger partial charge in [0.15, 0.2) is 0 Å². The number of anilines is 1. The van der Waals surface area contributed by atoms with Crippen molar-refractivity contribution in [2.75, 3.05) is 4.72 Å². The summed E-state index contributed by atoms with van der Waals surface area (Å²) in [5.41, 5.74) is 1.76. The van der Waals surface area contributed by atoms with Crippen LogP contribution in [0.5, 0.6) is 0 Å². The van der Waals surface area contributed by atoms with Crippen molar-refractivity contribution < 1.29 is 17.6 Å². The number of hydrogen-bond acceptors (Lipinski definition) is 4. The zero-order valence-corrected chi connectivity index (χ0v) is 17.8. The van der Waals surface area contributed by atoms with E-state index in [1.165, 1.54) is 18.2 Å². The van der Waals surface area contributed by atoms with E-state index in [9.17, 15) is 17.6 Å². The summed E-state index contributed by atoms with van der Waals surface area (Å²) in [6.45, 7) is 1.95. The lowest BCUT2D eigenvalue weighted by atomic mass is 10.1. The molecule has 0 spiro atoms. The van der Waals surface area contributed by atoms with Gasteiger partial charge >= 0.3 is 0 Å². The molecule has 6 nitrogen and oxygen atoms in total. The van der Waals surface area contributed by atoms with Crippen LogP contribution >= 0.6 is 0 Å². The van der Waals surface area contributed by atoms with E-state index in [-0.39, 0.29) is 22.5 Å². The van der Waals surface area contributed by atoms with Crippen LogP contribution in [0.2, 0.25) is 0 Å². The first-order chi connectivity index (χ1) is 14.8. The number of nitrogens with one attached hydrogen (secondary N) is 1. The van der Waals surface area contributed by atoms with E-state index >= 15 is 0 Å². The molecule has 1 heterocycles. The molecule has 1 fully saturated rings. The second kappa shape index (κ2) is 8.47. The number of benzene rings is 2. The fraction of sp³-hybridized carbons (Fsp3) is 0.217. The van der Waals surface area contributed by atoms with Crippen LogP contribution in [0.1, 0.15) is 34.5 Å². The maximum Gasteiger partial charge on any atom is 0.261 e. The number of sulfonamides is 1. The van der Waals surface area contributed by atoms with Gasteiger partial charge in [-0.3, -0.25) is 14.5 Å². The first kappa shape index (κ1) is 21.0. The predicted octanol–water partition coefficient (Wildman–Crippen LogP) is 4.13. The molecule has 1 amide bonds. The van der Waals surface area contributed by atoms with Crippen molar-refractivity contribution in [2.24, 2.45) is 0 Å². The minimum Gasteiger partial charge on any atom is -0.330 e. The Balaban J connectivity index is 1.55. The maximum absolute atomic E-state index is 13.8. The molecule has 0 aliphatic heterocycles. The highest BCUT2D eigenvalue weighted by Crippen LogP contribution is 2.30. The van der Waals surface area contributed by atoms with Gasteiger partial charge in [-0.2, -0.15) is 0 Å². The molecule has 1 saturated carbocycles. The van der Waals surface area contributed by atoms with E-state index in [0.717, 1.165) is 24.6 Å². The Morgan fingerprint density at radius 3 is 2.61 bits per heavy atom. The van der Waals surface area contributed by atoms with E-state index in [4.69, 9.17) is 0 Å². The molecule has 0 unspecified atom stereocenters. The third kappa shape index (κ3) is 4.91. The van der Waals surface area contributed by atoms with E-state index < -0.39 is 15.8 Å². The number of aromatic nitrogens is 1. The van der Waals surface area contributed by atoms with Gasteiger partial charge in [0, 0.05) is 23.5 Å². The molecule has 1 aliphatic rings. The second-order valence-electron chi connectivity index (χ2n) is 7.58. The SMILES string of the molecule is Cc1ccc(S(=O)(=O)Nc2cccc(C(=O)N(Cc3ccccn3)C3CC3)c2)cc1F. The van der Waals surface area contributed by atoms with E-state index in [2.05, 4.69) is 9.71 Å². The van der Waals surface area contributed by atoms with Crippen molar-refractivity contribution in [1.29, 1.82) is 0 Å². The van der Waals surface area contributed by atoms with Crippen molar-refractivity contribution in [2.45, 2.75) is 37.2 Å². The second-order valence-corrected chi connectivity index (χ2v) is 9.26. The van der Waals surface area contributed by atoms with Crippen molar-refractivity contribution in [3.05, 3.63) is 89.5 Å². The van der Waals surface area contributed by atoms with Crippen LogP contribution in [0.15, 0.2) is 71.8 Å². The average Bonchev–Trinajstić information content (AvgIpc) is 3.59. The van der Waals surface area contributed by atoms with Gasteiger partial charge in [0.05, 0.1) is 17.1 Å². The van der Waals surface area contributed by atoms with Crippen LogP contribution in [0.4, 0.5) is 10.1 Å². The van der Waals surface area contributed by atoms with Gasteiger partial charge in [0.1, 0.15) is 5.82 Å². The molecule has 1 aromatic heterocycles. The highest BCUT2D eigenvalue weighted by atomic mass is 32.2. The third-order valence-electron chi connectivity index (χ3n) is 5.12. The molecule has 3 aromatic rings. The fourth-order valence-electron chi connectivity index (χ4n) is 3.26. The minimum absolute atomic E-state index is 0.158.